The van der Waals surface area contributed by atoms with Crippen LogP contribution in [-0.2, 0) is 9.84 Å². The van der Waals surface area contributed by atoms with E-state index in [1.807, 2.05) is 26.2 Å². The summed E-state index contributed by atoms with van der Waals surface area (Å²) in [7, 11) is 0.918. The highest BCUT2D eigenvalue weighted by Crippen LogP contribution is 2.33. The van der Waals surface area contributed by atoms with Crippen LogP contribution in [-0.4, -0.2) is 45.8 Å². The first-order chi connectivity index (χ1) is 8.40. The van der Waals surface area contributed by atoms with E-state index in [2.05, 4.69) is 17.1 Å². The Kier molecular flexibility index (Phi) is 3.75. The predicted molar refractivity (Wildman–Crippen MR) is 72.4 cm³/mol. The Hall–Kier alpha value is -0.910. The van der Waals surface area contributed by atoms with Crippen LogP contribution in [0.15, 0.2) is 29.2 Å². The quantitative estimate of drug-likeness (QED) is 0.887. The molecule has 1 aliphatic rings. The van der Waals surface area contributed by atoms with Gasteiger partial charge in [-0.15, -0.1) is 0 Å². The Morgan fingerprint density at radius 2 is 2.06 bits per heavy atom. The number of hydrogen-bond donors (Lipinski definition) is 1. The fourth-order valence-electron chi connectivity index (χ4n) is 2.53. The second-order valence-electron chi connectivity index (χ2n) is 5.20. The smallest absolute Gasteiger partial charge is 0.180 e. The molecule has 0 saturated carbocycles. The summed E-state index contributed by atoms with van der Waals surface area (Å²) >= 11 is 0. The molecule has 100 valence electrons. The van der Waals surface area contributed by atoms with Crippen molar-refractivity contribution in [3.8, 4) is 0 Å². The van der Waals surface area contributed by atoms with Gasteiger partial charge in [0.15, 0.2) is 9.84 Å². The minimum atomic E-state index is -3.10. The van der Waals surface area contributed by atoms with Crippen molar-refractivity contribution < 1.29 is 8.42 Å². The van der Waals surface area contributed by atoms with Gasteiger partial charge in [-0.25, -0.2) is 8.42 Å². The largest absolute Gasteiger partial charge is 0.308 e. The Bertz CT molecular complexity index is 526. The van der Waals surface area contributed by atoms with Gasteiger partial charge in [0.05, 0.1) is 10.6 Å². The van der Waals surface area contributed by atoms with Crippen molar-refractivity contribution in [1.29, 1.82) is 0 Å². The number of sulfone groups is 1. The average molecular weight is 268 g/mol. The van der Waals surface area contributed by atoms with E-state index in [1.165, 1.54) is 0 Å². The lowest BCUT2D eigenvalue weighted by atomic mass is 10.1. The standard InChI is InChI=1S/C13H20N2O2S/c1-10(8-15(2)3)14-12-9-18(16,17)13-7-5-4-6-11(12)13/h4-7,10,12,14H,8-9H2,1-3H3. The number of nitrogens with zero attached hydrogens (tertiary/aromatic N) is 1. The first-order valence-electron chi connectivity index (χ1n) is 6.12. The molecule has 0 spiro atoms. The van der Waals surface area contributed by atoms with Crippen molar-refractivity contribution in [2.75, 3.05) is 26.4 Å². The highest BCUT2D eigenvalue weighted by atomic mass is 32.2. The summed E-state index contributed by atoms with van der Waals surface area (Å²) in [6.45, 7) is 2.96. The van der Waals surface area contributed by atoms with E-state index in [4.69, 9.17) is 0 Å². The number of nitrogens with one attached hydrogen (secondary N) is 1. The average Bonchev–Trinajstić information content (AvgIpc) is 2.50. The molecule has 18 heavy (non-hydrogen) atoms. The maximum Gasteiger partial charge on any atom is 0.180 e. The van der Waals surface area contributed by atoms with Crippen LogP contribution in [0.5, 0.6) is 0 Å². The molecule has 0 radical (unpaired) electrons. The van der Waals surface area contributed by atoms with Crippen molar-refractivity contribution in [3.63, 3.8) is 0 Å². The minimum absolute atomic E-state index is 0.0823. The molecular weight excluding hydrogens is 248 g/mol. The number of likely N-dealkylation sites (N-methyl/N-ethyl adjacent to an activating group) is 1. The Balaban J connectivity index is 2.18. The topological polar surface area (TPSA) is 49.4 Å². The number of rotatable bonds is 4. The summed E-state index contributed by atoms with van der Waals surface area (Å²) < 4.78 is 24.0. The molecule has 0 bridgehead atoms. The lowest BCUT2D eigenvalue weighted by Gasteiger charge is -2.22. The van der Waals surface area contributed by atoms with Gasteiger partial charge in [-0.3, -0.25) is 0 Å². The fraction of sp³-hybridized carbons (Fsp3) is 0.538. The molecule has 0 fully saturated rings. The lowest BCUT2D eigenvalue weighted by molar-refractivity contribution is 0.335. The molecule has 1 N–H and O–H groups in total. The van der Waals surface area contributed by atoms with E-state index in [0.29, 0.717) is 4.90 Å². The summed E-state index contributed by atoms with van der Waals surface area (Å²) in [6.07, 6.45) is 0. The van der Waals surface area contributed by atoms with Crippen LogP contribution in [0.25, 0.3) is 0 Å². The monoisotopic (exact) mass is 268 g/mol. The Morgan fingerprint density at radius 3 is 2.72 bits per heavy atom. The van der Waals surface area contributed by atoms with E-state index in [1.54, 1.807) is 12.1 Å². The van der Waals surface area contributed by atoms with E-state index in [9.17, 15) is 8.42 Å². The third-order valence-electron chi connectivity index (χ3n) is 3.14. The van der Waals surface area contributed by atoms with E-state index in [0.717, 1.165) is 12.1 Å². The third kappa shape index (κ3) is 2.74. The molecule has 0 amide bonds. The summed E-state index contributed by atoms with van der Waals surface area (Å²) in [6, 6.07) is 7.45. The Labute approximate surface area is 109 Å². The highest BCUT2D eigenvalue weighted by molar-refractivity contribution is 7.91. The fourth-order valence-corrected chi connectivity index (χ4v) is 4.28. The summed E-state index contributed by atoms with van der Waals surface area (Å²) in [5.74, 6) is 0.171. The molecule has 1 aromatic carbocycles. The van der Waals surface area contributed by atoms with Crippen LogP contribution in [0.3, 0.4) is 0 Å². The number of hydrogen-bond acceptors (Lipinski definition) is 4. The molecule has 1 aliphatic heterocycles. The van der Waals surface area contributed by atoms with E-state index >= 15 is 0 Å². The summed E-state index contributed by atoms with van der Waals surface area (Å²) in [4.78, 5) is 2.58. The van der Waals surface area contributed by atoms with Gasteiger partial charge in [0.25, 0.3) is 0 Å². The van der Waals surface area contributed by atoms with Crippen molar-refractivity contribution in [3.05, 3.63) is 29.8 Å². The van der Waals surface area contributed by atoms with Crippen molar-refractivity contribution in [1.82, 2.24) is 10.2 Å². The molecule has 2 unspecified atom stereocenters. The lowest BCUT2D eigenvalue weighted by Crippen LogP contribution is -2.38. The van der Waals surface area contributed by atoms with Crippen LogP contribution in [0, 0.1) is 0 Å². The van der Waals surface area contributed by atoms with Crippen LogP contribution in [0.4, 0.5) is 0 Å². The maximum atomic E-state index is 12.0. The van der Waals surface area contributed by atoms with Crippen molar-refractivity contribution >= 4 is 9.84 Å². The zero-order valence-electron chi connectivity index (χ0n) is 11.1. The molecule has 2 atom stereocenters. The van der Waals surface area contributed by atoms with Gasteiger partial charge in [0.1, 0.15) is 0 Å². The van der Waals surface area contributed by atoms with Crippen LogP contribution >= 0.6 is 0 Å². The summed E-state index contributed by atoms with van der Waals surface area (Å²) in [5, 5.41) is 3.40. The van der Waals surface area contributed by atoms with Gasteiger partial charge in [0.2, 0.25) is 0 Å². The SMILES string of the molecule is CC(CN(C)C)NC1CS(=O)(=O)c2ccccc21. The number of fused-ring (bicyclic) bond motifs is 1. The first kappa shape index (κ1) is 13.5. The second-order valence-corrected chi connectivity index (χ2v) is 7.20. The third-order valence-corrected chi connectivity index (χ3v) is 4.95. The summed E-state index contributed by atoms with van der Waals surface area (Å²) in [5.41, 5.74) is 0.906. The van der Waals surface area contributed by atoms with Crippen molar-refractivity contribution in [2.24, 2.45) is 0 Å². The van der Waals surface area contributed by atoms with Gasteiger partial charge in [0, 0.05) is 18.6 Å². The molecule has 4 nitrogen and oxygen atoms in total. The molecule has 0 aromatic heterocycles. The number of benzene rings is 1. The first-order valence-corrected chi connectivity index (χ1v) is 7.78. The zero-order chi connectivity index (χ0) is 13.3. The van der Waals surface area contributed by atoms with Crippen LogP contribution < -0.4 is 5.32 Å². The van der Waals surface area contributed by atoms with Crippen LogP contribution in [0.2, 0.25) is 0 Å². The molecular formula is C13H20N2O2S. The van der Waals surface area contributed by atoms with Gasteiger partial charge >= 0.3 is 0 Å². The molecule has 5 heteroatoms. The van der Waals surface area contributed by atoms with Gasteiger partial charge in [-0.1, -0.05) is 18.2 Å². The van der Waals surface area contributed by atoms with Crippen LogP contribution in [0.1, 0.15) is 18.5 Å². The minimum Gasteiger partial charge on any atom is -0.308 e. The molecule has 2 rings (SSSR count). The maximum absolute atomic E-state index is 12.0. The highest BCUT2D eigenvalue weighted by Gasteiger charge is 2.34. The molecule has 0 saturated heterocycles. The van der Waals surface area contributed by atoms with E-state index < -0.39 is 9.84 Å². The van der Waals surface area contributed by atoms with Gasteiger partial charge in [-0.2, -0.15) is 0 Å². The predicted octanol–water partition coefficient (Wildman–Crippen LogP) is 1.05. The van der Waals surface area contributed by atoms with Gasteiger partial charge < -0.3 is 10.2 Å². The zero-order valence-corrected chi connectivity index (χ0v) is 11.9. The normalized spacial score (nSPS) is 23.0. The van der Waals surface area contributed by atoms with Crippen molar-refractivity contribution in [2.45, 2.75) is 23.9 Å². The second kappa shape index (κ2) is 4.99. The molecule has 0 aliphatic carbocycles. The Morgan fingerprint density at radius 1 is 1.39 bits per heavy atom. The van der Waals surface area contributed by atoms with E-state index in [-0.39, 0.29) is 17.8 Å². The molecule has 1 aromatic rings. The molecule has 1 heterocycles. The van der Waals surface area contributed by atoms with Gasteiger partial charge in [-0.05, 0) is 32.6 Å².